The van der Waals surface area contributed by atoms with E-state index in [4.69, 9.17) is 44.8 Å². The van der Waals surface area contributed by atoms with Crippen molar-refractivity contribution in [3.8, 4) is 6.07 Å². The highest BCUT2D eigenvalue weighted by molar-refractivity contribution is 6.68. The number of alkyl halides is 3. The second-order valence-corrected chi connectivity index (χ2v) is 5.73. The van der Waals surface area contributed by atoms with E-state index in [1.807, 2.05) is 0 Å². The van der Waals surface area contributed by atoms with Crippen LogP contribution in [0.15, 0.2) is 18.2 Å². The van der Waals surface area contributed by atoms with Crippen LogP contribution in [0.1, 0.15) is 11.1 Å². The Hall–Kier alpha value is -0.660. The number of halogens is 3. The molecule has 1 aliphatic rings. The van der Waals surface area contributed by atoms with E-state index >= 15 is 0 Å². The van der Waals surface area contributed by atoms with Gasteiger partial charge in [0.1, 0.15) is 0 Å². The van der Waals surface area contributed by atoms with Crippen LogP contribution in [0.2, 0.25) is 0 Å². The Morgan fingerprint density at radius 3 is 2.81 bits per heavy atom. The zero-order valence-electron chi connectivity index (χ0n) is 8.01. The molecule has 0 aliphatic carbocycles. The molecule has 1 unspecified atom stereocenters. The second kappa shape index (κ2) is 4.31. The maximum absolute atomic E-state index is 8.75. The minimum atomic E-state index is -1.52. The number of fused-ring (bicyclic) bond motifs is 1. The van der Waals surface area contributed by atoms with Crippen molar-refractivity contribution in [2.45, 2.75) is 16.6 Å². The molecule has 2 rings (SSSR count). The number of anilines is 1. The van der Waals surface area contributed by atoms with Gasteiger partial charge in [-0.15, -0.1) is 0 Å². The average molecular weight is 278 g/mol. The molecule has 0 aromatic heterocycles. The highest BCUT2D eigenvalue weighted by Gasteiger charge is 2.36. The van der Waals surface area contributed by atoms with Gasteiger partial charge in [0.15, 0.2) is 6.23 Å². The molecule has 1 aromatic carbocycles. The molecule has 1 aliphatic heterocycles. The molecule has 84 valence electrons. The lowest BCUT2D eigenvalue weighted by atomic mass is 10.1. The van der Waals surface area contributed by atoms with Crippen molar-refractivity contribution in [1.29, 1.82) is 5.26 Å². The molecule has 0 saturated carbocycles. The van der Waals surface area contributed by atoms with E-state index in [-0.39, 0.29) is 0 Å². The molecule has 0 bridgehead atoms. The van der Waals surface area contributed by atoms with Gasteiger partial charge in [0.05, 0.1) is 18.2 Å². The predicted molar refractivity (Wildman–Crippen MR) is 63.6 cm³/mol. The fraction of sp³-hybridized carbons (Fsp3) is 0.300. The normalized spacial score (nSPS) is 19.5. The molecule has 3 nitrogen and oxygen atoms in total. The maximum atomic E-state index is 8.75. The van der Waals surface area contributed by atoms with Crippen LogP contribution in [-0.2, 0) is 11.3 Å². The topological polar surface area (TPSA) is 45.0 Å². The van der Waals surface area contributed by atoms with Crippen molar-refractivity contribution in [2.75, 3.05) is 5.32 Å². The molecule has 1 heterocycles. The van der Waals surface area contributed by atoms with Crippen LogP contribution in [0.4, 0.5) is 5.69 Å². The number of hydrogen-bond donors (Lipinski definition) is 1. The molecule has 16 heavy (non-hydrogen) atoms. The molecule has 0 fully saturated rings. The Balaban J connectivity index is 2.26. The van der Waals surface area contributed by atoms with E-state index in [0.29, 0.717) is 12.2 Å². The summed E-state index contributed by atoms with van der Waals surface area (Å²) in [5, 5.41) is 11.7. The lowest BCUT2D eigenvalue weighted by Crippen LogP contribution is -2.39. The Labute approximate surface area is 108 Å². The van der Waals surface area contributed by atoms with Gasteiger partial charge in [0, 0.05) is 11.3 Å². The Morgan fingerprint density at radius 2 is 2.19 bits per heavy atom. The number of rotatable bonds is 0. The molecule has 0 saturated heterocycles. The van der Waals surface area contributed by atoms with E-state index in [1.165, 1.54) is 0 Å². The van der Waals surface area contributed by atoms with Crippen LogP contribution in [0.3, 0.4) is 0 Å². The van der Waals surface area contributed by atoms with Crippen LogP contribution >= 0.6 is 34.8 Å². The maximum Gasteiger partial charge on any atom is 0.234 e. The van der Waals surface area contributed by atoms with Gasteiger partial charge in [-0.05, 0) is 18.2 Å². The van der Waals surface area contributed by atoms with Crippen LogP contribution < -0.4 is 5.32 Å². The lowest BCUT2D eigenvalue weighted by Gasteiger charge is -2.31. The predicted octanol–water partition coefficient (Wildman–Crippen LogP) is 3.20. The SMILES string of the molecule is N#Cc1ccc2c(c1)COC(C(Cl)(Cl)Cl)N2. The van der Waals surface area contributed by atoms with E-state index in [1.54, 1.807) is 18.2 Å². The van der Waals surface area contributed by atoms with Gasteiger partial charge in [-0.2, -0.15) is 5.26 Å². The van der Waals surface area contributed by atoms with Crippen LogP contribution in [0.25, 0.3) is 0 Å². The summed E-state index contributed by atoms with van der Waals surface area (Å²) >= 11 is 17.2. The Bertz CT molecular complexity index is 450. The molecular weight excluding hydrogens is 270 g/mol. The molecule has 1 atom stereocenters. The first-order valence-electron chi connectivity index (χ1n) is 4.48. The van der Waals surface area contributed by atoms with Crippen molar-refractivity contribution in [3.63, 3.8) is 0 Å². The summed E-state index contributed by atoms with van der Waals surface area (Å²) in [6.45, 7) is 0.316. The summed E-state index contributed by atoms with van der Waals surface area (Å²) in [6.07, 6.45) is -0.682. The summed E-state index contributed by atoms with van der Waals surface area (Å²) in [5.74, 6) is 0. The summed E-state index contributed by atoms with van der Waals surface area (Å²) in [6, 6.07) is 7.28. The summed E-state index contributed by atoms with van der Waals surface area (Å²) in [4.78, 5) is 0. The summed E-state index contributed by atoms with van der Waals surface area (Å²) < 4.78 is 3.83. The van der Waals surface area contributed by atoms with Crippen molar-refractivity contribution in [2.24, 2.45) is 0 Å². The van der Waals surface area contributed by atoms with E-state index in [9.17, 15) is 0 Å². The number of hydrogen-bond acceptors (Lipinski definition) is 3. The minimum Gasteiger partial charge on any atom is -0.356 e. The third-order valence-electron chi connectivity index (χ3n) is 2.22. The van der Waals surface area contributed by atoms with Gasteiger partial charge in [-0.1, -0.05) is 34.8 Å². The molecular formula is C10H7Cl3N2O. The lowest BCUT2D eigenvalue weighted by molar-refractivity contribution is 0.0539. The van der Waals surface area contributed by atoms with Gasteiger partial charge in [-0.25, -0.2) is 0 Å². The third kappa shape index (κ3) is 2.36. The fourth-order valence-corrected chi connectivity index (χ4v) is 1.81. The number of benzene rings is 1. The molecule has 6 heteroatoms. The monoisotopic (exact) mass is 276 g/mol. The number of nitriles is 1. The standard InChI is InChI=1S/C10H7Cl3N2O/c11-10(12,13)9-15-8-2-1-6(4-14)3-7(8)5-16-9/h1-3,9,15H,5H2. The Kier molecular flexibility index (Phi) is 3.18. The van der Waals surface area contributed by atoms with Gasteiger partial charge in [-0.3, -0.25) is 0 Å². The largest absolute Gasteiger partial charge is 0.356 e. The van der Waals surface area contributed by atoms with Crippen molar-refractivity contribution < 1.29 is 4.74 Å². The number of nitrogens with one attached hydrogen (secondary N) is 1. The summed E-state index contributed by atoms with van der Waals surface area (Å²) in [7, 11) is 0. The van der Waals surface area contributed by atoms with Crippen LogP contribution in [-0.4, -0.2) is 10.0 Å². The highest BCUT2D eigenvalue weighted by Crippen LogP contribution is 2.36. The smallest absolute Gasteiger partial charge is 0.234 e. The van der Waals surface area contributed by atoms with E-state index < -0.39 is 10.0 Å². The zero-order valence-corrected chi connectivity index (χ0v) is 10.3. The van der Waals surface area contributed by atoms with Gasteiger partial charge in [0.2, 0.25) is 3.79 Å². The van der Waals surface area contributed by atoms with E-state index in [2.05, 4.69) is 11.4 Å². The van der Waals surface area contributed by atoms with E-state index in [0.717, 1.165) is 11.3 Å². The van der Waals surface area contributed by atoms with Crippen molar-refractivity contribution in [3.05, 3.63) is 29.3 Å². The average Bonchev–Trinajstić information content (AvgIpc) is 2.26. The zero-order chi connectivity index (χ0) is 11.8. The van der Waals surface area contributed by atoms with Crippen LogP contribution in [0.5, 0.6) is 0 Å². The number of ether oxygens (including phenoxy) is 1. The van der Waals surface area contributed by atoms with Crippen molar-refractivity contribution in [1.82, 2.24) is 0 Å². The molecule has 0 amide bonds. The minimum absolute atomic E-state index is 0.316. The molecule has 0 radical (unpaired) electrons. The first-order chi connectivity index (χ1) is 7.50. The summed E-state index contributed by atoms with van der Waals surface area (Å²) in [5.41, 5.74) is 2.28. The first kappa shape index (κ1) is 11.8. The molecule has 1 aromatic rings. The first-order valence-corrected chi connectivity index (χ1v) is 5.62. The third-order valence-corrected chi connectivity index (χ3v) is 2.82. The quantitative estimate of drug-likeness (QED) is 0.741. The highest BCUT2D eigenvalue weighted by atomic mass is 35.6. The second-order valence-electron chi connectivity index (χ2n) is 3.36. The number of nitrogens with zero attached hydrogens (tertiary/aromatic N) is 1. The van der Waals surface area contributed by atoms with Crippen molar-refractivity contribution >= 4 is 40.5 Å². The van der Waals surface area contributed by atoms with Crippen LogP contribution in [0, 0.1) is 11.3 Å². The van der Waals surface area contributed by atoms with Gasteiger partial charge in [0.25, 0.3) is 0 Å². The fourth-order valence-electron chi connectivity index (χ4n) is 1.46. The Morgan fingerprint density at radius 1 is 1.44 bits per heavy atom. The molecule has 1 N–H and O–H groups in total. The van der Waals surface area contributed by atoms with Gasteiger partial charge >= 0.3 is 0 Å². The van der Waals surface area contributed by atoms with Gasteiger partial charge < -0.3 is 10.1 Å². The molecule has 0 spiro atoms.